The number of carbonyl (C=O) groups is 2. The van der Waals surface area contributed by atoms with Crippen molar-refractivity contribution in [1.82, 2.24) is 19.4 Å². The van der Waals surface area contributed by atoms with Gasteiger partial charge in [-0.25, -0.2) is 4.98 Å². The first kappa shape index (κ1) is 21.2. The van der Waals surface area contributed by atoms with E-state index < -0.39 is 0 Å². The lowest BCUT2D eigenvalue weighted by Crippen LogP contribution is -2.48. The van der Waals surface area contributed by atoms with Gasteiger partial charge in [0.15, 0.2) is 5.16 Å². The van der Waals surface area contributed by atoms with Crippen molar-refractivity contribution in [2.24, 2.45) is 0 Å². The average Bonchev–Trinajstić information content (AvgIpc) is 3.10. The van der Waals surface area contributed by atoms with Crippen molar-refractivity contribution in [2.75, 3.05) is 32.1 Å². The lowest BCUT2D eigenvalue weighted by Gasteiger charge is -2.39. The number of benzene rings is 1. The second kappa shape index (κ2) is 9.39. The molecule has 1 aromatic carbocycles. The summed E-state index contributed by atoms with van der Waals surface area (Å²) in [7, 11) is 0. The SMILES string of the molecule is CC1CCCC(C)N1C(=O)Cn1c(SCC(=O)N2CCOCC2)nc2ccccc21. The van der Waals surface area contributed by atoms with Crippen molar-refractivity contribution >= 4 is 34.6 Å². The Morgan fingerprint density at radius 2 is 1.80 bits per heavy atom. The minimum atomic E-state index is 0.0894. The summed E-state index contributed by atoms with van der Waals surface area (Å²) >= 11 is 1.41. The van der Waals surface area contributed by atoms with Crippen molar-refractivity contribution in [3.05, 3.63) is 24.3 Å². The average molecular weight is 431 g/mol. The highest BCUT2D eigenvalue weighted by atomic mass is 32.2. The van der Waals surface area contributed by atoms with E-state index in [1.165, 1.54) is 18.2 Å². The number of rotatable bonds is 5. The highest BCUT2D eigenvalue weighted by Crippen LogP contribution is 2.27. The van der Waals surface area contributed by atoms with E-state index in [1.807, 2.05) is 38.6 Å². The zero-order valence-corrected chi connectivity index (χ0v) is 18.6. The van der Waals surface area contributed by atoms with Gasteiger partial charge in [0.1, 0.15) is 6.54 Å². The fourth-order valence-corrected chi connectivity index (χ4v) is 5.39. The lowest BCUT2D eigenvalue weighted by molar-refractivity contribution is -0.138. The Labute approximate surface area is 181 Å². The number of para-hydroxylation sites is 2. The van der Waals surface area contributed by atoms with Crippen molar-refractivity contribution in [3.8, 4) is 0 Å². The van der Waals surface area contributed by atoms with Crippen LogP contribution in [0.4, 0.5) is 0 Å². The van der Waals surface area contributed by atoms with Crippen molar-refractivity contribution < 1.29 is 14.3 Å². The third-order valence-corrected chi connectivity index (χ3v) is 7.04. The molecule has 0 N–H and O–H groups in total. The van der Waals surface area contributed by atoms with Crippen LogP contribution in [0.5, 0.6) is 0 Å². The van der Waals surface area contributed by atoms with Crippen molar-refractivity contribution in [3.63, 3.8) is 0 Å². The molecule has 0 aliphatic carbocycles. The van der Waals surface area contributed by atoms with Crippen LogP contribution in [-0.4, -0.2) is 75.3 Å². The lowest BCUT2D eigenvalue weighted by atomic mass is 9.97. The fraction of sp³-hybridized carbons (Fsp3) is 0.591. The molecule has 2 aliphatic heterocycles. The van der Waals surface area contributed by atoms with Crippen LogP contribution in [0.15, 0.2) is 29.4 Å². The van der Waals surface area contributed by atoms with E-state index in [-0.39, 0.29) is 30.4 Å². The van der Waals surface area contributed by atoms with E-state index in [2.05, 4.69) is 13.8 Å². The number of amides is 2. The Morgan fingerprint density at radius 3 is 2.53 bits per heavy atom. The first-order valence-electron chi connectivity index (χ1n) is 10.8. The summed E-state index contributed by atoms with van der Waals surface area (Å²) in [6.45, 7) is 6.99. The summed E-state index contributed by atoms with van der Waals surface area (Å²) in [5.41, 5.74) is 1.79. The molecule has 0 radical (unpaired) electrons. The van der Waals surface area contributed by atoms with Crippen LogP contribution in [0.3, 0.4) is 0 Å². The molecule has 0 saturated carbocycles. The highest BCUT2D eigenvalue weighted by Gasteiger charge is 2.30. The molecule has 30 heavy (non-hydrogen) atoms. The van der Waals surface area contributed by atoms with Crippen LogP contribution < -0.4 is 0 Å². The minimum Gasteiger partial charge on any atom is -0.378 e. The van der Waals surface area contributed by atoms with Crippen LogP contribution in [0.25, 0.3) is 11.0 Å². The largest absolute Gasteiger partial charge is 0.378 e. The Kier molecular flexibility index (Phi) is 6.63. The number of hydrogen-bond donors (Lipinski definition) is 0. The number of ether oxygens (including phenoxy) is 1. The first-order valence-corrected chi connectivity index (χ1v) is 11.8. The molecule has 2 atom stereocenters. The summed E-state index contributed by atoms with van der Waals surface area (Å²) in [6, 6.07) is 8.38. The van der Waals surface area contributed by atoms with Gasteiger partial charge in [0, 0.05) is 25.2 Å². The summed E-state index contributed by atoms with van der Waals surface area (Å²) in [5.74, 6) is 0.527. The Morgan fingerprint density at radius 1 is 1.10 bits per heavy atom. The predicted molar refractivity (Wildman–Crippen MR) is 117 cm³/mol. The number of aromatic nitrogens is 2. The van der Waals surface area contributed by atoms with E-state index in [4.69, 9.17) is 9.72 Å². The standard InChI is InChI=1S/C22H30N4O3S/c1-16-6-5-7-17(2)26(16)20(27)14-25-19-9-4-3-8-18(19)23-22(25)30-15-21(28)24-10-12-29-13-11-24/h3-4,8-9,16-17H,5-7,10-15H2,1-2H3. The number of morpholine rings is 1. The molecule has 0 spiro atoms. The maximum atomic E-state index is 13.2. The highest BCUT2D eigenvalue weighted by molar-refractivity contribution is 7.99. The number of piperidine rings is 1. The van der Waals surface area contributed by atoms with Crippen LogP contribution in [0.2, 0.25) is 0 Å². The van der Waals surface area contributed by atoms with Gasteiger partial charge in [-0.2, -0.15) is 0 Å². The Hall–Kier alpha value is -2.06. The summed E-state index contributed by atoms with van der Waals surface area (Å²) in [5, 5.41) is 0.725. The van der Waals surface area contributed by atoms with E-state index in [0.717, 1.165) is 29.0 Å². The molecule has 8 heteroatoms. The first-order chi connectivity index (χ1) is 14.5. The van der Waals surface area contributed by atoms with E-state index in [0.29, 0.717) is 32.1 Å². The molecular weight excluding hydrogens is 400 g/mol. The van der Waals surface area contributed by atoms with E-state index in [9.17, 15) is 9.59 Å². The molecule has 3 heterocycles. The van der Waals surface area contributed by atoms with Gasteiger partial charge in [0.25, 0.3) is 0 Å². The van der Waals surface area contributed by atoms with Crippen LogP contribution in [0, 0.1) is 0 Å². The third-order valence-electron chi connectivity index (χ3n) is 6.08. The molecular formula is C22H30N4O3S. The molecule has 0 bridgehead atoms. The van der Waals surface area contributed by atoms with Gasteiger partial charge in [-0.05, 0) is 45.2 Å². The molecule has 2 aliphatic rings. The zero-order valence-electron chi connectivity index (χ0n) is 17.7. The second-order valence-corrected chi connectivity index (χ2v) is 9.12. The zero-order chi connectivity index (χ0) is 21.1. The summed E-state index contributed by atoms with van der Waals surface area (Å²) in [6.07, 6.45) is 3.28. The number of hydrogen-bond acceptors (Lipinski definition) is 5. The smallest absolute Gasteiger partial charge is 0.243 e. The van der Waals surface area contributed by atoms with Crippen molar-refractivity contribution in [1.29, 1.82) is 0 Å². The Bertz CT molecular complexity index is 899. The van der Waals surface area contributed by atoms with Crippen LogP contribution in [0.1, 0.15) is 33.1 Å². The molecule has 162 valence electrons. The molecule has 7 nitrogen and oxygen atoms in total. The van der Waals surface area contributed by atoms with Gasteiger partial charge < -0.3 is 19.1 Å². The van der Waals surface area contributed by atoms with Gasteiger partial charge in [-0.1, -0.05) is 23.9 Å². The Balaban J connectivity index is 1.53. The molecule has 2 fully saturated rings. The molecule has 2 saturated heterocycles. The van der Waals surface area contributed by atoms with Gasteiger partial charge in [0.05, 0.1) is 30.0 Å². The number of carbonyl (C=O) groups excluding carboxylic acids is 2. The number of imidazole rings is 1. The van der Waals surface area contributed by atoms with Gasteiger partial charge in [-0.3, -0.25) is 9.59 Å². The fourth-order valence-electron chi connectivity index (χ4n) is 4.48. The molecule has 2 unspecified atom stereocenters. The quantitative estimate of drug-likeness (QED) is 0.683. The number of nitrogens with zero attached hydrogens (tertiary/aromatic N) is 4. The van der Waals surface area contributed by atoms with Crippen LogP contribution >= 0.6 is 11.8 Å². The summed E-state index contributed by atoms with van der Waals surface area (Å²) < 4.78 is 7.31. The monoisotopic (exact) mass is 430 g/mol. The van der Waals surface area contributed by atoms with Gasteiger partial charge in [0.2, 0.25) is 11.8 Å². The van der Waals surface area contributed by atoms with E-state index >= 15 is 0 Å². The summed E-state index contributed by atoms with van der Waals surface area (Å²) in [4.78, 5) is 34.4. The topological polar surface area (TPSA) is 67.7 Å². The predicted octanol–water partition coefficient (Wildman–Crippen LogP) is 2.78. The van der Waals surface area contributed by atoms with Crippen molar-refractivity contribution in [2.45, 2.75) is 56.9 Å². The van der Waals surface area contributed by atoms with Gasteiger partial charge in [-0.15, -0.1) is 0 Å². The van der Waals surface area contributed by atoms with Crippen LogP contribution in [-0.2, 0) is 20.9 Å². The third kappa shape index (κ3) is 4.49. The molecule has 2 aromatic rings. The number of thioether (sulfide) groups is 1. The normalized spacial score (nSPS) is 22.5. The van der Waals surface area contributed by atoms with E-state index in [1.54, 1.807) is 0 Å². The minimum absolute atomic E-state index is 0.0894. The molecule has 2 amide bonds. The molecule has 1 aromatic heterocycles. The maximum Gasteiger partial charge on any atom is 0.243 e. The van der Waals surface area contributed by atoms with Gasteiger partial charge >= 0.3 is 0 Å². The number of likely N-dealkylation sites (tertiary alicyclic amines) is 1. The number of fused-ring (bicyclic) bond motifs is 1. The second-order valence-electron chi connectivity index (χ2n) is 8.18. The maximum absolute atomic E-state index is 13.2. The molecule has 4 rings (SSSR count).